The van der Waals surface area contributed by atoms with Gasteiger partial charge in [-0.15, -0.1) is 0 Å². The minimum absolute atomic E-state index is 0.0523. The van der Waals surface area contributed by atoms with Crippen LogP contribution in [0.25, 0.3) is 0 Å². The second-order valence-corrected chi connectivity index (χ2v) is 17.5. The highest BCUT2D eigenvalue weighted by molar-refractivity contribution is 7.90. The first-order valence-corrected chi connectivity index (χ1v) is 19.3. The highest BCUT2D eigenvalue weighted by atomic mass is 35.5. The monoisotopic (exact) mass is 695 g/mol. The van der Waals surface area contributed by atoms with Crippen LogP contribution in [0.3, 0.4) is 0 Å². The van der Waals surface area contributed by atoms with Gasteiger partial charge in [0.05, 0.1) is 29.1 Å². The summed E-state index contributed by atoms with van der Waals surface area (Å²) in [6.07, 6.45) is 9.11. The van der Waals surface area contributed by atoms with Crippen LogP contribution in [0.5, 0.6) is 5.75 Å². The minimum Gasteiger partial charge on any atom is -0.490 e. The Labute approximate surface area is 288 Å². The van der Waals surface area contributed by atoms with Crippen LogP contribution in [-0.4, -0.2) is 74.4 Å². The summed E-state index contributed by atoms with van der Waals surface area (Å²) in [4.78, 5) is 30.9. The lowest BCUT2D eigenvalue weighted by Gasteiger charge is -2.50. The molecule has 11 heteroatoms. The number of hydrogen-bond donors (Lipinski definition) is 2. The molecule has 2 bridgehead atoms. The summed E-state index contributed by atoms with van der Waals surface area (Å²) >= 11 is 6.44. The Kier molecular flexibility index (Phi) is 8.60. The Balaban J connectivity index is 1.34. The molecule has 1 saturated carbocycles. The number of carbonyl (C=O) groups excluding carboxylic acids is 2. The Morgan fingerprint density at radius 1 is 1.08 bits per heavy atom. The minimum atomic E-state index is -4.02. The third-order valence-corrected chi connectivity index (χ3v) is 14.3. The second-order valence-electron chi connectivity index (χ2n) is 15.0. The lowest BCUT2D eigenvalue weighted by molar-refractivity contribution is -0.143. The number of nitrogens with zero attached hydrogens (tertiary/aromatic N) is 2. The topological polar surface area (TPSA) is 116 Å². The summed E-state index contributed by atoms with van der Waals surface area (Å²) < 4.78 is 35.8. The van der Waals surface area contributed by atoms with E-state index in [0.717, 1.165) is 37.8 Å². The van der Waals surface area contributed by atoms with E-state index >= 15 is 0 Å². The van der Waals surface area contributed by atoms with E-state index in [1.807, 2.05) is 19.1 Å². The fourth-order valence-corrected chi connectivity index (χ4v) is 10.4. The Bertz CT molecular complexity index is 1760. The van der Waals surface area contributed by atoms with E-state index in [2.05, 4.69) is 21.8 Å². The molecule has 48 heavy (non-hydrogen) atoms. The van der Waals surface area contributed by atoms with Crippen LogP contribution < -0.4 is 14.4 Å². The van der Waals surface area contributed by atoms with E-state index in [1.165, 1.54) is 11.1 Å². The third-order valence-electron chi connectivity index (χ3n) is 12.2. The van der Waals surface area contributed by atoms with E-state index < -0.39 is 32.7 Å². The van der Waals surface area contributed by atoms with Crippen molar-refractivity contribution >= 4 is 39.1 Å². The number of rotatable bonds is 1. The molecule has 0 unspecified atom stereocenters. The van der Waals surface area contributed by atoms with Gasteiger partial charge in [-0.1, -0.05) is 36.7 Å². The number of likely N-dealkylation sites (tertiary alicyclic amines) is 1. The first-order chi connectivity index (χ1) is 22.8. The molecule has 1 spiro atoms. The highest BCUT2D eigenvalue weighted by Crippen LogP contribution is 2.51. The van der Waals surface area contributed by atoms with Crippen LogP contribution in [0.2, 0.25) is 5.02 Å². The molecular weight excluding hydrogens is 650 g/mol. The normalized spacial score (nSPS) is 35.5. The maximum Gasteiger partial charge on any atom is 0.264 e. The molecule has 258 valence electrons. The summed E-state index contributed by atoms with van der Waals surface area (Å²) in [5.41, 5.74) is 1.70. The van der Waals surface area contributed by atoms with Crippen molar-refractivity contribution < 1.29 is 27.9 Å². The average molecular weight is 696 g/mol. The number of fused-ring (bicyclic) bond motifs is 4. The van der Waals surface area contributed by atoms with Crippen LogP contribution in [0.4, 0.5) is 5.69 Å². The number of anilines is 1. The van der Waals surface area contributed by atoms with Gasteiger partial charge < -0.3 is 19.6 Å². The van der Waals surface area contributed by atoms with E-state index in [0.29, 0.717) is 49.9 Å². The smallest absolute Gasteiger partial charge is 0.264 e. The van der Waals surface area contributed by atoms with Crippen LogP contribution in [0.1, 0.15) is 73.9 Å². The van der Waals surface area contributed by atoms with Crippen molar-refractivity contribution in [3.63, 3.8) is 0 Å². The highest BCUT2D eigenvalue weighted by Gasteiger charge is 2.54. The Morgan fingerprint density at radius 2 is 1.90 bits per heavy atom. The Morgan fingerprint density at radius 3 is 2.62 bits per heavy atom. The largest absolute Gasteiger partial charge is 0.490 e. The van der Waals surface area contributed by atoms with E-state index in [4.69, 9.17) is 16.3 Å². The van der Waals surface area contributed by atoms with Gasteiger partial charge in [0.25, 0.3) is 5.91 Å². The number of sulfonamides is 1. The summed E-state index contributed by atoms with van der Waals surface area (Å²) in [6.45, 7) is 5.68. The fourth-order valence-electron chi connectivity index (χ4n) is 8.93. The number of ether oxygens (including phenoxy) is 1. The van der Waals surface area contributed by atoms with Gasteiger partial charge in [-0.2, -0.15) is 0 Å². The van der Waals surface area contributed by atoms with Gasteiger partial charge in [0.15, 0.2) is 0 Å². The molecule has 3 aliphatic heterocycles. The molecule has 7 rings (SSSR count). The van der Waals surface area contributed by atoms with Crippen LogP contribution >= 0.6 is 11.6 Å². The maximum absolute atomic E-state index is 13.5. The molecule has 1 saturated heterocycles. The SMILES string of the molecule is C[C@@H]1[C@@H](C)C/C=C/[C@@](O)([C@@H]2CCN(C)C2=O)[C@@H]2CC[C@H]2CN2C[C@@]3(CCCc4cc(Cl)ccc43)COc3ccc(cc32)C(=O)NS1(=O)=O. The van der Waals surface area contributed by atoms with Crippen molar-refractivity contribution in [2.75, 3.05) is 38.2 Å². The molecule has 0 aromatic heterocycles. The molecule has 2 fully saturated rings. The molecule has 9 nitrogen and oxygen atoms in total. The van der Waals surface area contributed by atoms with Gasteiger partial charge in [-0.25, -0.2) is 13.1 Å². The number of nitrogens with one attached hydrogen (secondary N) is 1. The summed E-state index contributed by atoms with van der Waals surface area (Å²) in [5, 5.41) is 12.4. The van der Waals surface area contributed by atoms with Gasteiger partial charge in [0.2, 0.25) is 15.9 Å². The number of amides is 2. The number of aryl methyl sites for hydroxylation is 1. The molecule has 0 radical (unpaired) electrons. The summed E-state index contributed by atoms with van der Waals surface area (Å²) in [5.74, 6) is -1.08. The van der Waals surface area contributed by atoms with Gasteiger partial charge in [-0.3, -0.25) is 9.59 Å². The average Bonchev–Trinajstić information content (AvgIpc) is 3.29. The lowest BCUT2D eigenvalue weighted by atomic mass is 9.60. The number of benzene rings is 2. The van der Waals surface area contributed by atoms with Gasteiger partial charge >= 0.3 is 0 Å². The van der Waals surface area contributed by atoms with Crippen LogP contribution in [0, 0.1) is 23.7 Å². The fraction of sp³-hybridized carbons (Fsp3) is 0.568. The molecule has 2 aliphatic carbocycles. The molecule has 2 aromatic carbocycles. The third kappa shape index (κ3) is 5.71. The van der Waals surface area contributed by atoms with Crippen LogP contribution in [0.15, 0.2) is 48.6 Å². The zero-order valence-corrected chi connectivity index (χ0v) is 29.5. The number of allylic oxidation sites excluding steroid dienone is 1. The number of aliphatic hydroxyl groups is 1. The standard InChI is InChI=1S/C37H46ClN3O6S/c1-23-6-4-16-37(44,31-14-17-40(3)35(31)43)30-11-8-27(30)20-41-21-36(15-5-7-25-18-28(38)10-12-29(25)36)22-47-33-13-9-26(19-32(33)41)34(42)39-48(45,46)24(23)2/h4,9-10,12-13,16,18-19,23-24,27,30-31,44H,5-8,11,14-15,17,20-22H2,1-3H3,(H,39,42)/b16-4+/t23-,24+,27-,30+,31+,36-,37-/m0/s1. The quantitative estimate of drug-likeness (QED) is 0.400. The van der Waals surface area contributed by atoms with Crippen molar-refractivity contribution in [3.05, 3.63) is 70.3 Å². The van der Waals surface area contributed by atoms with Gasteiger partial charge in [0, 0.05) is 42.7 Å². The van der Waals surface area contributed by atoms with Crippen molar-refractivity contribution in [1.29, 1.82) is 0 Å². The predicted molar refractivity (Wildman–Crippen MR) is 186 cm³/mol. The second kappa shape index (κ2) is 12.4. The van der Waals surface area contributed by atoms with E-state index in [-0.39, 0.29) is 34.6 Å². The molecule has 7 atom stereocenters. The van der Waals surface area contributed by atoms with Crippen molar-refractivity contribution in [3.8, 4) is 5.75 Å². The lowest BCUT2D eigenvalue weighted by Crippen LogP contribution is -2.56. The number of halogens is 1. The maximum atomic E-state index is 13.5. The number of hydrogen-bond acceptors (Lipinski definition) is 7. The van der Waals surface area contributed by atoms with Crippen molar-refractivity contribution in [1.82, 2.24) is 9.62 Å². The molecule has 3 heterocycles. The molecule has 2 aromatic rings. The molecule has 2 N–H and O–H groups in total. The van der Waals surface area contributed by atoms with Gasteiger partial charge in [-0.05, 0) is 111 Å². The zero-order chi connectivity index (χ0) is 34.0. The molecular formula is C37H46ClN3O6S. The molecule has 5 aliphatic rings. The molecule has 2 amide bonds. The Hall–Kier alpha value is -3.08. The first kappa shape index (κ1) is 33.4. The van der Waals surface area contributed by atoms with Crippen molar-refractivity contribution in [2.45, 2.75) is 75.1 Å². The van der Waals surface area contributed by atoms with Crippen LogP contribution in [-0.2, 0) is 26.7 Å². The van der Waals surface area contributed by atoms with E-state index in [1.54, 1.807) is 43.1 Å². The van der Waals surface area contributed by atoms with Gasteiger partial charge in [0.1, 0.15) is 5.75 Å². The summed E-state index contributed by atoms with van der Waals surface area (Å²) in [6, 6.07) is 11.3. The van der Waals surface area contributed by atoms with Crippen molar-refractivity contribution in [2.24, 2.45) is 23.7 Å². The predicted octanol–water partition coefficient (Wildman–Crippen LogP) is 5.09. The first-order valence-electron chi connectivity index (χ1n) is 17.3. The zero-order valence-electron chi connectivity index (χ0n) is 28.0. The number of carbonyl (C=O) groups is 2. The van der Waals surface area contributed by atoms with E-state index in [9.17, 15) is 23.1 Å². The summed E-state index contributed by atoms with van der Waals surface area (Å²) in [7, 11) is -2.23.